The number of non-ortho nitro benzene ring substituents is 1. The summed E-state index contributed by atoms with van der Waals surface area (Å²) in [6, 6.07) is 18.3. The molecule has 2 aliphatic heterocycles. The number of Topliss-reactive ketones (excluding diaryl/α,β-unsaturated/α-hetero) is 1. The molecule has 10 heteroatoms. The quantitative estimate of drug-likeness (QED) is 0.165. The average molecular weight is 588 g/mol. The summed E-state index contributed by atoms with van der Waals surface area (Å²) in [5.41, 5.74) is 0.288. The van der Waals surface area contributed by atoms with E-state index in [4.69, 9.17) is 9.47 Å². The Balaban J connectivity index is 1.79. The van der Waals surface area contributed by atoms with E-state index >= 15 is 0 Å². The van der Waals surface area contributed by atoms with Gasteiger partial charge in [-0.1, -0.05) is 42.5 Å². The first-order valence-corrected chi connectivity index (χ1v) is 12.7. The number of ether oxygens (including phenoxy) is 2. The van der Waals surface area contributed by atoms with Gasteiger partial charge in [-0.15, -0.1) is 0 Å². The third-order valence-corrected chi connectivity index (χ3v) is 8.04. The SMILES string of the molecule is COC(=O)[C@]1(C#N)[C@H](c2ccc([N+](=O)[O-])cc2)[C@H](C(=O)c2ccc(OC)c(Br)c2)N2c3ccccc3C=C[C@H]21. The number of para-hydroxylation sites is 1. The molecule has 0 radical (unpaired) electrons. The van der Waals surface area contributed by atoms with Gasteiger partial charge in [0.15, 0.2) is 11.2 Å². The number of fused-ring (bicyclic) bond motifs is 3. The van der Waals surface area contributed by atoms with Crippen LogP contribution in [0.15, 0.2) is 77.3 Å². The lowest BCUT2D eigenvalue weighted by atomic mass is 9.68. The van der Waals surface area contributed by atoms with Crippen LogP contribution < -0.4 is 9.64 Å². The second-order valence-corrected chi connectivity index (χ2v) is 10.1. The summed E-state index contributed by atoms with van der Waals surface area (Å²) in [7, 11) is 2.72. The summed E-state index contributed by atoms with van der Waals surface area (Å²) in [6.45, 7) is 0. The molecule has 5 rings (SSSR count). The fourth-order valence-electron chi connectivity index (χ4n) is 5.70. The summed E-state index contributed by atoms with van der Waals surface area (Å²) in [4.78, 5) is 40.7. The minimum absolute atomic E-state index is 0.151. The molecule has 0 amide bonds. The predicted molar refractivity (Wildman–Crippen MR) is 146 cm³/mol. The van der Waals surface area contributed by atoms with Crippen LogP contribution in [-0.4, -0.2) is 43.0 Å². The van der Waals surface area contributed by atoms with Gasteiger partial charge in [0.2, 0.25) is 0 Å². The number of rotatable bonds is 6. The van der Waals surface area contributed by atoms with Crippen LogP contribution in [0.3, 0.4) is 0 Å². The van der Waals surface area contributed by atoms with Crippen molar-refractivity contribution in [3.63, 3.8) is 0 Å². The minimum Gasteiger partial charge on any atom is -0.496 e. The number of anilines is 1. The second kappa shape index (κ2) is 10.0. The van der Waals surface area contributed by atoms with Crippen LogP contribution in [0.25, 0.3) is 6.08 Å². The zero-order chi connectivity index (χ0) is 27.9. The van der Waals surface area contributed by atoms with E-state index in [1.807, 2.05) is 35.2 Å². The molecule has 2 aliphatic rings. The summed E-state index contributed by atoms with van der Waals surface area (Å²) in [5.74, 6) is -1.61. The molecular weight excluding hydrogens is 566 g/mol. The molecule has 0 bridgehead atoms. The maximum atomic E-state index is 14.4. The number of nitrogens with zero attached hydrogens (tertiary/aromatic N) is 3. The van der Waals surface area contributed by atoms with Gasteiger partial charge in [-0.25, -0.2) is 0 Å². The molecule has 3 aromatic rings. The normalized spacial score (nSPS) is 22.8. The van der Waals surface area contributed by atoms with Crippen LogP contribution in [0.4, 0.5) is 11.4 Å². The van der Waals surface area contributed by atoms with Gasteiger partial charge in [0.25, 0.3) is 5.69 Å². The number of methoxy groups -OCH3 is 2. The Morgan fingerprint density at radius 1 is 1.10 bits per heavy atom. The molecule has 0 aliphatic carbocycles. The third kappa shape index (κ3) is 3.97. The van der Waals surface area contributed by atoms with Crippen LogP contribution in [0.1, 0.15) is 27.4 Å². The maximum Gasteiger partial charge on any atom is 0.329 e. The highest BCUT2D eigenvalue weighted by Crippen LogP contribution is 2.56. The summed E-state index contributed by atoms with van der Waals surface area (Å²) >= 11 is 3.44. The van der Waals surface area contributed by atoms with Crippen molar-refractivity contribution in [2.75, 3.05) is 19.1 Å². The van der Waals surface area contributed by atoms with Gasteiger partial charge in [0, 0.05) is 29.3 Å². The van der Waals surface area contributed by atoms with E-state index in [0.717, 1.165) is 5.56 Å². The molecule has 0 N–H and O–H groups in total. The van der Waals surface area contributed by atoms with Gasteiger partial charge in [-0.2, -0.15) is 5.26 Å². The van der Waals surface area contributed by atoms with Gasteiger partial charge in [-0.05, 0) is 51.3 Å². The molecule has 2 heterocycles. The number of benzene rings is 3. The van der Waals surface area contributed by atoms with Gasteiger partial charge in [0.1, 0.15) is 11.8 Å². The molecule has 1 saturated heterocycles. The summed E-state index contributed by atoms with van der Waals surface area (Å²) in [6.07, 6.45) is 3.58. The van der Waals surface area contributed by atoms with E-state index in [1.54, 1.807) is 24.3 Å². The predicted octanol–water partition coefficient (Wildman–Crippen LogP) is 5.30. The molecule has 196 valence electrons. The van der Waals surface area contributed by atoms with Crippen molar-refractivity contribution in [2.45, 2.75) is 18.0 Å². The number of carbonyl (C=O) groups excluding carboxylic acids is 2. The number of hydrogen-bond donors (Lipinski definition) is 0. The van der Waals surface area contributed by atoms with Crippen LogP contribution in [0.5, 0.6) is 5.75 Å². The lowest BCUT2D eigenvalue weighted by molar-refractivity contribution is -0.384. The van der Waals surface area contributed by atoms with E-state index in [2.05, 4.69) is 22.0 Å². The molecule has 0 aromatic heterocycles. The van der Waals surface area contributed by atoms with E-state index in [9.17, 15) is 25.0 Å². The zero-order valence-electron chi connectivity index (χ0n) is 20.9. The monoisotopic (exact) mass is 587 g/mol. The van der Waals surface area contributed by atoms with Crippen LogP contribution in [0.2, 0.25) is 0 Å². The third-order valence-electron chi connectivity index (χ3n) is 7.42. The first-order chi connectivity index (χ1) is 18.8. The molecule has 1 fully saturated rings. The number of halogens is 1. The largest absolute Gasteiger partial charge is 0.496 e. The topological polar surface area (TPSA) is 123 Å². The van der Waals surface area contributed by atoms with Crippen molar-refractivity contribution in [2.24, 2.45) is 5.41 Å². The van der Waals surface area contributed by atoms with Crippen LogP contribution >= 0.6 is 15.9 Å². The van der Waals surface area contributed by atoms with Gasteiger partial charge >= 0.3 is 5.97 Å². The standard InChI is InChI=1S/C29H22BrN3O6/c1-38-23-13-9-19(15-21(23)30)27(34)26-25(18-7-11-20(12-8-18)33(36)37)29(16-31,28(35)39-2)24-14-10-17-5-3-4-6-22(17)32(24)26/h3-15,24-26H,1-2H3/t24-,25+,26+,29-/m0/s1. The maximum absolute atomic E-state index is 14.4. The molecule has 0 saturated carbocycles. The number of esters is 1. The van der Waals surface area contributed by atoms with Crippen molar-refractivity contribution in [3.8, 4) is 11.8 Å². The molecular formula is C29H22BrN3O6. The first-order valence-electron chi connectivity index (χ1n) is 12.0. The molecule has 0 spiro atoms. The second-order valence-electron chi connectivity index (χ2n) is 9.23. The smallest absolute Gasteiger partial charge is 0.329 e. The Bertz CT molecular complexity index is 1560. The Hall–Kier alpha value is -4.49. The summed E-state index contributed by atoms with van der Waals surface area (Å²) in [5, 5.41) is 22.1. The highest BCUT2D eigenvalue weighted by atomic mass is 79.9. The molecule has 3 aromatic carbocycles. The lowest BCUT2D eigenvalue weighted by Gasteiger charge is -2.36. The molecule has 39 heavy (non-hydrogen) atoms. The van der Waals surface area contributed by atoms with Crippen molar-refractivity contribution < 1.29 is 24.0 Å². The minimum atomic E-state index is -1.83. The van der Waals surface area contributed by atoms with Crippen molar-refractivity contribution in [1.29, 1.82) is 5.26 Å². The van der Waals surface area contributed by atoms with Gasteiger partial charge in [0.05, 0.1) is 35.7 Å². The lowest BCUT2D eigenvalue weighted by Crippen LogP contribution is -2.46. The summed E-state index contributed by atoms with van der Waals surface area (Å²) < 4.78 is 11.1. The highest BCUT2D eigenvalue weighted by Gasteiger charge is 2.67. The highest BCUT2D eigenvalue weighted by molar-refractivity contribution is 9.10. The number of hydrogen-bond acceptors (Lipinski definition) is 8. The van der Waals surface area contributed by atoms with Crippen LogP contribution in [0, 0.1) is 26.9 Å². The van der Waals surface area contributed by atoms with E-state index in [0.29, 0.717) is 27.0 Å². The van der Waals surface area contributed by atoms with E-state index in [-0.39, 0.29) is 11.5 Å². The van der Waals surface area contributed by atoms with E-state index in [1.165, 1.54) is 38.5 Å². The number of carbonyl (C=O) groups is 2. The number of nitro benzene ring substituents is 1. The molecule has 0 unspecified atom stereocenters. The molecule has 4 atom stereocenters. The Morgan fingerprint density at radius 3 is 2.44 bits per heavy atom. The van der Waals surface area contributed by atoms with Crippen molar-refractivity contribution in [3.05, 3.63) is 104 Å². The fraction of sp³-hybridized carbons (Fsp3) is 0.207. The molecule has 9 nitrogen and oxygen atoms in total. The fourth-order valence-corrected chi connectivity index (χ4v) is 6.24. The Labute approximate surface area is 232 Å². The van der Waals surface area contributed by atoms with Gasteiger partial charge in [-0.3, -0.25) is 19.7 Å². The zero-order valence-corrected chi connectivity index (χ0v) is 22.5. The number of nitro groups is 1. The first kappa shape index (κ1) is 26.1. The Kier molecular flexibility index (Phi) is 6.70. The Morgan fingerprint density at radius 2 is 1.82 bits per heavy atom. The number of ketones is 1. The average Bonchev–Trinajstić information content (AvgIpc) is 3.28. The number of nitriles is 1. The van der Waals surface area contributed by atoms with Crippen LogP contribution in [-0.2, 0) is 9.53 Å². The van der Waals surface area contributed by atoms with Gasteiger partial charge < -0.3 is 14.4 Å². The van der Waals surface area contributed by atoms with Crippen molar-refractivity contribution in [1.82, 2.24) is 0 Å². The van der Waals surface area contributed by atoms with E-state index < -0.39 is 34.3 Å². The van der Waals surface area contributed by atoms with Crippen molar-refractivity contribution >= 4 is 45.1 Å².